The lowest BCUT2D eigenvalue weighted by molar-refractivity contribution is 0.0946. The van der Waals surface area contributed by atoms with Gasteiger partial charge in [-0.15, -0.1) is 0 Å². The highest BCUT2D eigenvalue weighted by molar-refractivity contribution is 5.93. The van der Waals surface area contributed by atoms with Crippen molar-refractivity contribution >= 4 is 11.6 Å². The summed E-state index contributed by atoms with van der Waals surface area (Å²) in [6.07, 6.45) is 7.64. The van der Waals surface area contributed by atoms with Gasteiger partial charge in [0.15, 0.2) is 0 Å². The molecule has 1 amide bonds. The van der Waals surface area contributed by atoms with Gasteiger partial charge < -0.3 is 15.1 Å². The van der Waals surface area contributed by atoms with Crippen molar-refractivity contribution in [2.45, 2.75) is 25.4 Å². The zero-order valence-corrected chi connectivity index (χ0v) is 14.9. The molecule has 1 aliphatic heterocycles. The molecular formula is C19H25N5O. The van der Waals surface area contributed by atoms with Crippen molar-refractivity contribution in [3.05, 3.63) is 54.1 Å². The minimum atomic E-state index is -0.169. The Balaban J connectivity index is 1.61. The average molecular weight is 339 g/mol. The van der Waals surface area contributed by atoms with Crippen molar-refractivity contribution < 1.29 is 4.79 Å². The van der Waals surface area contributed by atoms with E-state index in [0.717, 1.165) is 24.3 Å². The average Bonchev–Trinajstić information content (AvgIpc) is 3.05. The SMILES string of the molecule is CN(C[C@@H]1CCCN1C)c1ccnc(C(=O)NCc2cccnc2)c1. The second kappa shape index (κ2) is 8.07. The van der Waals surface area contributed by atoms with Crippen molar-refractivity contribution in [3.63, 3.8) is 0 Å². The topological polar surface area (TPSA) is 61.4 Å². The summed E-state index contributed by atoms with van der Waals surface area (Å²) < 4.78 is 0. The van der Waals surface area contributed by atoms with Gasteiger partial charge in [0.1, 0.15) is 5.69 Å². The fourth-order valence-corrected chi connectivity index (χ4v) is 3.19. The molecule has 1 saturated heterocycles. The zero-order valence-electron chi connectivity index (χ0n) is 14.9. The number of carbonyl (C=O) groups excluding carboxylic acids is 1. The van der Waals surface area contributed by atoms with Crippen LogP contribution in [0.2, 0.25) is 0 Å². The first-order valence-corrected chi connectivity index (χ1v) is 8.68. The van der Waals surface area contributed by atoms with Crippen molar-refractivity contribution in [2.75, 3.05) is 32.1 Å². The Labute approximate surface area is 148 Å². The van der Waals surface area contributed by atoms with Gasteiger partial charge in [-0.05, 0) is 50.2 Å². The second-order valence-electron chi connectivity index (χ2n) is 6.60. The van der Waals surface area contributed by atoms with Crippen LogP contribution in [0.4, 0.5) is 5.69 Å². The molecule has 1 atom stereocenters. The van der Waals surface area contributed by atoms with E-state index in [-0.39, 0.29) is 5.91 Å². The van der Waals surface area contributed by atoms with E-state index in [9.17, 15) is 4.79 Å². The lowest BCUT2D eigenvalue weighted by atomic mass is 10.2. The Morgan fingerprint density at radius 3 is 3.00 bits per heavy atom. The van der Waals surface area contributed by atoms with Crippen LogP contribution in [0.25, 0.3) is 0 Å². The molecule has 6 heteroatoms. The fraction of sp³-hybridized carbons (Fsp3) is 0.421. The third kappa shape index (κ3) is 4.54. The first-order valence-electron chi connectivity index (χ1n) is 8.68. The number of aromatic nitrogens is 2. The molecule has 3 rings (SSSR count). The summed E-state index contributed by atoms with van der Waals surface area (Å²) in [6, 6.07) is 8.17. The third-order valence-electron chi connectivity index (χ3n) is 4.75. The summed E-state index contributed by atoms with van der Waals surface area (Å²) in [5.74, 6) is -0.169. The van der Waals surface area contributed by atoms with Gasteiger partial charge in [0.05, 0.1) is 0 Å². The Morgan fingerprint density at radius 2 is 2.28 bits per heavy atom. The van der Waals surface area contributed by atoms with E-state index >= 15 is 0 Å². The van der Waals surface area contributed by atoms with Crippen molar-refractivity contribution in [2.24, 2.45) is 0 Å². The van der Waals surface area contributed by atoms with E-state index in [1.54, 1.807) is 18.6 Å². The van der Waals surface area contributed by atoms with Gasteiger partial charge in [0.2, 0.25) is 0 Å². The predicted molar refractivity (Wildman–Crippen MR) is 98.6 cm³/mol. The van der Waals surface area contributed by atoms with Crippen molar-refractivity contribution in [1.82, 2.24) is 20.2 Å². The monoisotopic (exact) mass is 339 g/mol. The van der Waals surface area contributed by atoms with Crippen LogP contribution in [0.5, 0.6) is 0 Å². The molecule has 1 aliphatic rings. The predicted octanol–water partition coefficient (Wildman–Crippen LogP) is 1.94. The Hall–Kier alpha value is -2.47. The summed E-state index contributed by atoms with van der Waals surface area (Å²) in [5, 5.41) is 2.89. The molecule has 0 aromatic carbocycles. The number of rotatable bonds is 6. The number of anilines is 1. The molecule has 2 aromatic heterocycles. The minimum absolute atomic E-state index is 0.169. The van der Waals surface area contributed by atoms with Gasteiger partial charge in [-0.25, -0.2) is 0 Å². The van der Waals surface area contributed by atoms with E-state index in [0.29, 0.717) is 18.3 Å². The first-order chi connectivity index (χ1) is 12.1. The Kier molecular flexibility index (Phi) is 5.60. The van der Waals surface area contributed by atoms with E-state index < -0.39 is 0 Å². The first kappa shape index (κ1) is 17.4. The van der Waals surface area contributed by atoms with Gasteiger partial charge in [0.25, 0.3) is 5.91 Å². The molecule has 0 unspecified atom stereocenters. The van der Waals surface area contributed by atoms with Gasteiger partial charge in [-0.3, -0.25) is 14.8 Å². The molecule has 2 aromatic rings. The highest BCUT2D eigenvalue weighted by Crippen LogP contribution is 2.19. The minimum Gasteiger partial charge on any atom is -0.373 e. The number of hydrogen-bond donors (Lipinski definition) is 1. The molecule has 0 bridgehead atoms. The standard InChI is InChI=1S/C19H25N5O/c1-23-10-4-6-17(23)14-24(2)16-7-9-21-18(11-16)19(25)22-13-15-5-3-8-20-12-15/h3,5,7-9,11-12,17H,4,6,10,13-14H2,1-2H3,(H,22,25)/t17-/m0/s1. The van der Waals surface area contributed by atoms with Crippen LogP contribution < -0.4 is 10.2 Å². The quantitative estimate of drug-likeness (QED) is 0.871. The number of nitrogens with zero attached hydrogens (tertiary/aromatic N) is 4. The summed E-state index contributed by atoms with van der Waals surface area (Å²) in [4.78, 5) is 25.2. The number of likely N-dealkylation sites (tertiary alicyclic amines) is 1. The number of amides is 1. The normalized spacial score (nSPS) is 17.4. The smallest absolute Gasteiger partial charge is 0.270 e. The van der Waals surface area contributed by atoms with Gasteiger partial charge in [-0.2, -0.15) is 0 Å². The lowest BCUT2D eigenvalue weighted by Crippen LogP contribution is -2.36. The zero-order chi connectivity index (χ0) is 17.6. The van der Waals surface area contributed by atoms with E-state index in [2.05, 4.69) is 39.2 Å². The maximum absolute atomic E-state index is 12.4. The molecule has 1 fully saturated rings. The highest BCUT2D eigenvalue weighted by Gasteiger charge is 2.22. The fourth-order valence-electron chi connectivity index (χ4n) is 3.19. The largest absolute Gasteiger partial charge is 0.373 e. The van der Waals surface area contributed by atoms with E-state index in [1.165, 1.54) is 12.8 Å². The van der Waals surface area contributed by atoms with Crippen molar-refractivity contribution in [1.29, 1.82) is 0 Å². The van der Waals surface area contributed by atoms with Crippen molar-refractivity contribution in [3.8, 4) is 0 Å². The molecule has 0 radical (unpaired) electrons. The van der Waals surface area contributed by atoms with E-state index in [1.807, 2.05) is 24.3 Å². The number of likely N-dealkylation sites (N-methyl/N-ethyl adjacent to an activating group) is 2. The molecule has 25 heavy (non-hydrogen) atoms. The highest BCUT2D eigenvalue weighted by atomic mass is 16.1. The summed E-state index contributed by atoms with van der Waals surface area (Å²) in [5.41, 5.74) is 2.42. The van der Waals surface area contributed by atoms with Crippen LogP contribution in [0.1, 0.15) is 28.9 Å². The number of carbonyl (C=O) groups is 1. The summed E-state index contributed by atoms with van der Waals surface area (Å²) in [6.45, 7) is 2.56. The summed E-state index contributed by atoms with van der Waals surface area (Å²) in [7, 11) is 4.24. The Bertz CT molecular complexity index is 706. The molecule has 0 aliphatic carbocycles. The van der Waals surface area contributed by atoms with Crippen LogP contribution >= 0.6 is 0 Å². The number of nitrogens with one attached hydrogen (secondary N) is 1. The third-order valence-corrected chi connectivity index (χ3v) is 4.75. The number of pyridine rings is 2. The number of hydrogen-bond acceptors (Lipinski definition) is 5. The maximum Gasteiger partial charge on any atom is 0.270 e. The van der Waals surface area contributed by atoms with Gasteiger partial charge >= 0.3 is 0 Å². The maximum atomic E-state index is 12.4. The molecular weight excluding hydrogens is 314 g/mol. The Morgan fingerprint density at radius 1 is 1.40 bits per heavy atom. The van der Waals surface area contributed by atoms with Crippen LogP contribution in [0, 0.1) is 0 Å². The molecule has 132 valence electrons. The van der Waals surface area contributed by atoms with E-state index in [4.69, 9.17) is 0 Å². The molecule has 1 N–H and O–H groups in total. The van der Waals surface area contributed by atoms with Gasteiger partial charge in [-0.1, -0.05) is 6.07 Å². The van der Waals surface area contributed by atoms with Gasteiger partial charge in [0, 0.05) is 50.5 Å². The van der Waals surface area contributed by atoms with Crippen LogP contribution in [-0.2, 0) is 6.54 Å². The molecule has 0 spiro atoms. The molecule has 0 saturated carbocycles. The molecule has 6 nitrogen and oxygen atoms in total. The summed E-state index contributed by atoms with van der Waals surface area (Å²) >= 11 is 0. The van der Waals surface area contributed by atoms with Crippen LogP contribution in [-0.4, -0.2) is 54.0 Å². The van der Waals surface area contributed by atoms with Crippen LogP contribution in [0.3, 0.4) is 0 Å². The molecule has 3 heterocycles. The second-order valence-corrected chi connectivity index (χ2v) is 6.60. The van der Waals surface area contributed by atoms with Crippen LogP contribution in [0.15, 0.2) is 42.9 Å². The lowest BCUT2D eigenvalue weighted by Gasteiger charge is -2.27.